The van der Waals surface area contributed by atoms with Gasteiger partial charge in [0.2, 0.25) is 0 Å². The van der Waals surface area contributed by atoms with E-state index in [1.54, 1.807) is 0 Å². The number of halogens is 2. The van der Waals surface area contributed by atoms with Crippen LogP contribution in [0.5, 0.6) is 0 Å². The summed E-state index contributed by atoms with van der Waals surface area (Å²) in [6, 6.07) is 7.97. The molecule has 21 heavy (non-hydrogen) atoms. The van der Waals surface area contributed by atoms with E-state index in [9.17, 15) is 0 Å². The Hall–Kier alpha value is 0.123. The van der Waals surface area contributed by atoms with Crippen molar-refractivity contribution < 1.29 is 56.1 Å². The van der Waals surface area contributed by atoms with Gasteiger partial charge < -0.3 is 29.9 Å². The van der Waals surface area contributed by atoms with Gasteiger partial charge in [-0.05, 0) is 0 Å². The van der Waals surface area contributed by atoms with Crippen LogP contribution in [0, 0.1) is 34.6 Å². The molecule has 0 aliphatic carbocycles. The molecule has 0 saturated carbocycles. The van der Waals surface area contributed by atoms with Crippen LogP contribution in [0.4, 0.5) is 0 Å². The van der Waals surface area contributed by atoms with Crippen LogP contribution in [0.15, 0.2) is 24.3 Å². The third-order valence-electron chi connectivity index (χ3n) is 3.94. The molecule has 0 aromatic heterocycles. The average molecular weight is 407 g/mol. The second kappa shape index (κ2) is 12.6. The van der Waals surface area contributed by atoms with Gasteiger partial charge in [-0.2, -0.15) is 45.5 Å². The van der Waals surface area contributed by atoms with Crippen LogP contribution in [-0.4, -0.2) is 11.7 Å². The second-order valence-electron chi connectivity index (χ2n) is 4.89. The minimum absolute atomic E-state index is 0. The maximum atomic E-state index is 8.44. The monoisotopic (exact) mass is 404 g/mol. The number of rotatable bonds is 2. The van der Waals surface area contributed by atoms with Crippen molar-refractivity contribution >= 4 is 0 Å². The van der Waals surface area contributed by atoms with Gasteiger partial charge in [0.25, 0.3) is 0 Å². The summed E-state index contributed by atoms with van der Waals surface area (Å²) in [7, 11) is 0. The molecule has 0 aliphatic rings. The summed E-state index contributed by atoms with van der Waals surface area (Å²) < 4.78 is 0. The Morgan fingerprint density at radius 2 is 1.29 bits per heavy atom. The summed E-state index contributed by atoms with van der Waals surface area (Å²) >= 11 is 0. The Bertz CT molecular complexity index is 407. The summed E-state index contributed by atoms with van der Waals surface area (Å²) in [6.45, 7) is 11.2. The van der Waals surface area contributed by atoms with Crippen molar-refractivity contribution in [2.45, 2.75) is 41.0 Å². The fraction of sp³-hybridized carbons (Fsp3) is 0.412. The van der Waals surface area contributed by atoms with Crippen LogP contribution in [0.3, 0.4) is 0 Å². The topological polar surface area (TPSA) is 20.2 Å². The van der Waals surface area contributed by atoms with E-state index in [1.165, 1.54) is 33.4 Å². The fourth-order valence-corrected chi connectivity index (χ4v) is 2.12. The van der Waals surface area contributed by atoms with Crippen molar-refractivity contribution in [3.8, 4) is 0 Å². The Morgan fingerprint density at radius 1 is 0.905 bits per heavy atom. The molecular weight excluding hydrogens is 382 g/mol. The van der Waals surface area contributed by atoms with Gasteiger partial charge in [0.05, 0.1) is 0 Å². The smallest absolute Gasteiger partial charge is 1.00 e. The first-order valence-corrected chi connectivity index (χ1v) is 6.50. The molecule has 1 nitrogen and oxygen atoms in total. The molecule has 0 heterocycles. The maximum absolute atomic E-state index is 8.44. The van der Waals surface area contributed by atoms with Crippen molar-refractivity contribution in [1.82, 2.24) is 0 Å². The predicted molar refractivity (Wildman–Crippen MR) is 78.5 cm³/mol. The normalized spacial score (nSPS) is 8.67. The van der Waals surface area contributed by atoms with E-state index >= 15 is 0 Å². The fourth-order valence-electron chi connectivity index (χ4n) is 2.12. The zero-order valence-electron chi connectivity index (χ0n) is 13.4. The first-order chi connectivity index (χ1) is 8.49. The zero-order chi connectivity index (χ0) is 13.7. The van der Waals surface area contributed by atoms with Gasteiger partial charge in [-0.15, -0.1) is 0 Å². The van der Waals surface area contributed by atoms with E-state index in [0.717, 1.165) is 6.42 Å². The minimum Gasteiger partial charge on any atom is -1.00 e. The molecule has 0 radical (unpaired) electrons. The van der Waals surface area contributed by atoms with Gasteiger partial charge in [-0.3, -0.25) is 0 Å². The van der Waals surface area contributed by atoms with Crippen molar-refractivity contribution in [3.05, 3.63) is 57.6 Å². The molecule has 0 aliphatic heterocycles. The van der Waals surface area contributed by atoms with Crippen molar-refractivity contribution in [2.75, 3.05) is 6.61 Å². The standard InChI is InChI=1S/C10H15.C7H9O.2ClH.Zr/c1-6-7(2)9(4)10(5)8(6)3;8-6-5-7-3-1-2-4-7;;;/h1-5H3;1-4,8H,5-6H2;2*1H;/q2*-1;;;+4/p-2. The molecule has 0 bridgehead atoms. The predicted octanol–water partition coefficient (Wildman–Crippen LogP) is -2.11. The van der Waals surface area contributed by atoms with Crippen LogP contribution in [0.1, 0.15) is 33.4 Å². The van der Waals surface area contributed by atoms with Gasteiger partial charge in [0.1, 0.15) is 0 Å². The molecule has 2 aromatic carbocycles. The number of aliphatic hydroxyl groups excluding tert-OH is 1. The van der Waals surface area contributed by atoms with Crippen molar-refractivity contribution in [1.29, 1.82) is 0 Å². The van der Waals surface area contributed by atoms with E-state index < -0.39 is 0 Å². The number of hydrogen-bond acceptors (Lipinski definition) is 1. The van der Waals surface area contributed by atoms with E-state index in [1.807, 2.05) is 24.3 Å². The van der Waals surface area contributed by atoms with E-state index in [-0.39, 0.29) is 57.6 Å². The molecule has 0 fully saturated rings. The molecule has 0 saturated heterocycles. The third kappa shape index (κ3) is 7.28. The Kier molecular flexibility index (Phi) is 15.7. The van der Waals surface area contributed by atoms with Crippen LogP contribution in [-0.2, 0) is 32.6 Å². The molecule has 0 spiro atoms. The van der Waals surface area contributed by atoms with Gasteiger partial charge >= 0.3 is 26.2 Å². The summed E-state index contributed by atoms with van der Waals surface area (Å²) in [5.74, 6) is 0. The number of hydrogen-bond donors (Lipinski definition) is 1. The molecule has 2 aromatic rings. The van der Waals surface area contributed by atoms with E-state index in [0.29, 0.717) is 0 Å². The molecule has 2 rings (SSSR count). The second-order valence-corrected chi connectivity index (χ2v) is 4.89. The largest absolute Gasteiger partial charge is 4.00 e. The maximum Gasteiger partial charge on any atom is 4.00 e. The Morgan fingerprint density at radius 3 is 1.52 bits per heavy atom. The Balaban J connectivity index is -0.000000274. The van der Waals surface area contributed by atoms with Crippen molar-refractivity contribution in [3.63, 3.8) is 0 Å². The first kappa shape index (κ1) is 26.0. The van der Waals surface area contributed by atoms with Gasteiger partial charge in [-0.25, -0.2) is 12.1 Å². The molecule has 4 heteroatoms. The van der Waals surface area contributed by atoms with Gasteiger partial charge in [-0.1, -0.05) is 41.0 Å². The third-order valence-corrected chi connectivity index (χ3v) is 3.94. The van der Waals surface area contributed by atoms with Gasteiger partial charge in [0.15, 0.2) is 0 Å². The molecule has 0 unspecified atom stereocenters. The summed E-state index contributed by atoms with van der Waals surface area (Å²) in [6.07, 6.45) is 0.785. The first-order valence-electron chi connectivity index (χ1n) is 6.50. The molecular formula is C17H24Cl2OZr. The summed E-state index contributed by atoms with van der Waals surface area (Å²) in [4.78, 5) is 0. The van der Waals surface area contributed by atoms with Crippen LogP contribution >= 0.6 is 0 Å². The van der Waals surface area contributed by atoms with E-state index in [2.05, 4.69) is 34.6 Å². The molecule has 0 amide bonds. The van der Waals surface area contributed by atoms with Crippen LogP contribution in [0.2, 0.25) is 0 Å². The minimum atomic E-state index is 0. The average Bonchev–Trinajstić information content (AvgIpc) is 2.93. The molecule has 0 atom stereocenters. The quantitative estimate of drug-likeness (QED) is 0.567. The number of aliphatic hydroxyl groups is 1. The summed E-state index contributed by atoms with van der Waals surface area (Å²) in [5, 5.41) is 8.44. The molecule has 116 valence electrons. The summed E-state index contributed by atoms with van der Waals surface area (Å²) in [5.41, 5.74) is 8.55. The van der Waals surface area contributed by atoms with Crippen LogP contribution in [0.25, 0.3) is 0 Å². The molecule has 1 N–H and O–H groups in total. The SMILES string of the molecule is Cc1c(C)c(C)[c-](C)c1C.OCC[c-]1cccc1.[Cl-].[Cl-].[Zr+4]. The van der Waals surface area contributed by atoms with Crippen molar-refractivity contribution in [2.24, 2.45) is 0 Å². The zero-order valence-corrected chi connectivity index (χ0v) is 17.4. The van der Waals surface area contributed by atoms with E-state index in [4.69, 9.17) is 5.11 Å². The van der Waals surface area contributed by atoms with Crippen LogP contribution < -0.4 is 24.8 Å². The Labute approximate surface area is 160 Å². The van der Waals surface area contributed by atoms with Gasteiger partial charge in [0, 0.05) is 6.61 Å².